The Bertz CT molecular complexity index is 5960. The van der Waals surface area contributed by atoms with Crippen molar-refractivity contribution >= 4 is 69.4 Å². The van der Waals surface area contributed by atoms with Crippen LogP contribution in [-0.2, 0) is 43.4 Å². The maximum absolute atomic E-state index is 11.5. The van der Waals surface area contributed by atoms with Gasteiger partial charge < -0.3 is 19.1 Å². The van der Waals surface area contributed by atoms with Gasteiger partial charge in [0.05, 0.1) is 47.3 Å². The summed E-state index contributed by atoms with van der Waals surface area (Å²) in [6.07, 6.45) is 0. The smallest absolute Gasteiger partial charge is 0.338 e. The van der Waals surface area contributed by atoms with Crippen molar-refractivity contribution in [1.29, 1.82) is 5.26 Å². The summed E-state index contributed by atoms with van der Waals surface area (Å²) in [6.45, 7) is 77.7. The Morgan fingerprint density at radius 2 is 0.851 bits per heavy atom. The number of aryl methyl sites for hydroxylation is 1. The van der Waals surface area contributed by atoms with Crippen LogP contribution < -0.4 is 9.47 Å². The molecule has 12 aromatic carbocycles. The molecule has 0 amide bonds. The van der Waals surface area contributed by atoms with Gasteiger partial charge in [0.25, 0.3) is 11.4 Å². The summed E-state index contributed by atoms with van der Waals surface area (Å²) in [4.78, 5) is 59.5. The molecule has 20 heteroatoms. The monoisotopic (exact) mass is 2070 g/mol. The lowest BCUT2D eigenvalue weighted by Gasteiger charge is -2.21. The highest BCUT2D eigenvalue weighted by atomic mass is 35.5. The van der Waals surface area contributed by atoms with Gasteiger partial charge in [-0.05, 0) is 232 Å². The number of halogens is 2. The lowest BCUT2D eigenvalue weighted by atomic mass is 9.83. The number of non-ortho nitro benzene ring substituents is 1. The van der Waals surface area contributed by atoms with E-state index in [1.54, 1.807) is 76.4 Å². The lowest BCUT2D eigenvalue weighted by Crippen LogP contribution is -2.19. The molecule has 0 aromatic heterocycles. The summed E-state index contributed by atoms with van der Waals surface area (Å²) in [5, 5.41) is 31.2. The Hall–Kier alpha value is -12.8. The molecule has 0 bridgehead atoms. The van der Waals surface area contributed by atoms with Gasteiger partial charge in [0.2, 0.25) is 0 Å². The number of para-hydroxylation sites is 1. The largest absolute Gasteiger partial charge is 0.497 e. The summed E-state index contributed by atoms with van der Waals surface area (Å²) in [7, 11) is 5.79. The fourth-order valence-electron chi connectivity index (χ4n) is 13.5. The molecule has 0 aliphatic carbocycles. The molecule has 0 fully saturated rings. The first-order valence-corrected chi connectivity index (χ1v) is 51.9. The van der Waals surface area contributed by atoms with Crippen molar-refractivity contribution in [3.8, 4) is 17.6 Å². The first-order valence-electron chi connectivity index (χ1n) is 50.4. The lowest BCUT2D eigenvalue weighted by molar-refractivity contribution is -0.386. The zero-order valence-corrected chi connectivity index (χ0v) is 97.5. The predicted molar refractivity (Wildman–Crippen MR) is 624 cm³/mol. The second kappa shape index (κ2) is 69.4. The number of ether oxygens (including phenoxy) is 3. The van der Waals surface area contributed by atoms with E-state index in [0.717, 1.165) is 74.2 Å². The minimum Gasteiger partial charge on any atom is -0.497 e. The van der Waals surface area contributed by atoms with Crippen molar-refractivity contribution in [3.63, 3.8) is 0 Å². The van der Waals surface area contributed by atoms with Crippen molar-refractivity contribution in [2.75, 3.05) is 41.0 Å². The summed E-state index contributed by atoms with van der Waals surface area (Å²) in [5.74, 6) is 5.43. The number of hydrogen-bond acceptors (Lipinski definition) is 14. The van der Waals surface area contributed by atoms with Crippen LogP contribution in [0.3, 0.4) is 0 Å². The molecular weight excluding hydrogens is 1900 g/mol. The van der Waals surface area contributed by atoms with E-state index in [1.807, 2.05) is 174 Å². The minimum atomic E-state index is -0.750. The number of ketones is 2. The quantitative estimate of drug-likeness (QED) is 0.0256. The van der Waals surface area contributed by atoms with E-state index in [4.69, 9.17) is 57.7 Å². The molecule has 12 aromatic rings. The number of nitrogens with zero attached hydrogens (tertiary/aromatic N) is 5. The van der Waals surface area contributed by atoms with Crippen LogP contribution in [0.4, 0.5) is 17.1 Å². The van der Waals surface area contributed by atoms with Crippen molar-refractivity contribution in [2.45, 2.75) is 297 Å². The first-order chi connectivity index (χ1) is 69.0. The summed E-state index contributed by atoms with van der Waals surface area (Å²) >= 11 is 11.3. The molecule has 0 N–H and O–H groups in total. The van der Waals surface area contributed by atoms with Crippen molar-refractivity contribution in [3.05, 3.63) is 427 Å². The van der Waals surface area contributed by atoms with Crippen molar-refractivity contribution < 1.29 is 46.9 Å². The molecule has 0 radical (unpaired) electrons. The summed E-state index contributed by atoms with van der Waals surface area (Å²) < 4.78 is 32.3. The predicted octanol–water partition coefficient (Wildman–Crippen LogP) is 36.3. The van der Waals surface area contributed by atoms with Crippen LogP contribution in [0.15, 0.2) is 291 Å². The highest BCUT2D eigenvalue weighted by molar-refractivity contribution is 7.51. The SMILES string of the molecule is CC(=O)c1cccc(C(C)C)c1.CC(=O)c1ccccc1C(C)(C)C.CC(C)(C)c1ccccc1Cl.CC(C)(C)c1ccccc1[N+](=O)[O-].CC(C)c1ccc([N+](=O)[O-])cc1.CC(C)c1ccccc1.CC(C)c1ccccc1C#N.CCOC(=O)c1ccc(Cl)c(C(C)C)c1.CN(C)CCOc1cccc(C(C)(C)C)c1.COc1cccc(C(C)C)c1.Cc1ccc(C(C)C)cc1.O=S=O.[C-]#[N+]c1ccc(C(C)(C)C)cc1. The third-order valence-electron chi connectivity index (χ3n) is 22.6. The summed E-state index contributed by atoms with van der Waals surface area (Å²) in [6, 6.07) is 95.8. The average Bonchev–Trinajstić information content (AvgIpc) is 0.823. The summed E-state index contributed by atoms with van der Waals surface area (Å²) in [5.41, 5.74) is 20.1. The number of carbonyl (C=O) groups excluding carboxylic acids is 3. The second-order valence-electron chi connectivity index (χ2n) is 42.9. The molecule has 148 heavy (non-hydrogen) atoms. The molecule has 798 valence electrons. The fraction of sp³-hybridized carbons (Fsp3) is 0.398. The van der Waals surface area contributed by atoms with Crippen LogP contribution >= 0.6 is 23.2 Å². The number of hydrogen-bond donors (Lipinski definition) is 0. The Labute approximate surface area is 903 Å². The van der Waals surface area contributed by atoms with Crippen LogP contribution in [-0.4, -0.2) is 81.7 Å². The van der Waals surface area contributed by atoms with Gasteiger partial charge in [-0.2, -0.15) is 13.7 Å². The molecule has 0 aliphatic rings. The van der Waals surface area contributed by atoms with Gasteiger partial charge >= 0.3 is 17.5 Å². The van der Waals surface area contributed by atoms with E-state index in [1.165, 1.54) is 56.6 Å². The van der Waals surface area contributed by atoms with E-state index >= 15 is 0 Å². The number of Topliss-reactive ketones (excluding diaryl/α,β-unsaturated/α-hetero) is 2. The van der Waals surface area contributed by atoms with Crippen LogP contribution in [0.2, 0.25) is 10.0 Å². The zero-order chi connectivity index (χ0) is 113. The molecular formula is C128H169Cl2N5O12S. The van der Waals surface area contributed by atoms with E-state index in [2.05, 4.69) is 294 Å². The fourth-order valence-corrected chi connectivity index (χ4v) is 14.3. The van der Waals surface area contributed by atoms with E-state index < -0.39 is 11.6 Å². The highest BCUT2D eigenvalue weighted by Crippen LogP contribution is 2.34. The standard InChI is InChI=1S/C14H23NO.C12H15ClO2.C12H16O.C11H13N.C11H14O.C10H13Cl.C10H13NO2.C10H11N.C10H14O.C10H14.C9H11NO2.C9H12.O2S/c1-14(2,3)12-7-6-8-13(11-12)16-10-9-15(4)5;1-4-15-12(14)9-5-6-11(13)10(7-9)8(2)3;1-9(13)10-7-5-6-8-11(10)12(2,3)4;1-11(2,3)9-5-7-10(12-4)8-6-9;1-8(2)10-5-4-6-11(7-10)9(3)12;1-10(2,3)8-6-4-5-7-9(8)11;1-10(2,3)8-6-4-5-7-9(8)11(12)13;1-8(2)10-6-4-3-5-9(10)7-11;1-8(2)9-5-4-6-10(7-9)11-3;1-8(2)10-6-4-9(3)5-7-10;1-7(2)8-3-5-9(6-4-8)10(11)12;1-8(2)9-6-4-3-5-7-9;1-3-2/h6-8,11H,9-10H2,1-5H3;5-8H,4H2,1-3H3;5-8H,1-4H3;5-8H,1-3H3;4-8H,1-3H3;4-7H,1-3H3;4-7H,1-3H3;3-6,8H,1-2H3;4-8H,1-3H3;4-8H,1-3H3;3-7H,1-2H3;3-8H,1-2H3;. The van der Waals surface area contributed by atoms with Gasteiger partial charge in [-0.1, -0.05) is 442 Å². The number of nitriles is 1. The maximum Gasteiger partial charge on any atom is 0.338 e. The number of likely N-dealkylation sites (N-methyl/N-ethyl adjacent to an activating group) is 1. The Morgan fingerprint density at radius 3 is 1.25 bits per heavy atom. The van der Waals surface area contributed by atoms with Gasteiger partial charge in [0.1, 0.15) is 18.1 Å². The number of carbonyl (C=O) groups is 3. The number of nitro benzene ring substituents is 2. The Balaban J connectivity index is 0.00000159. The number of rotatable bonds is 18. The average molecular weight is 2070 g/mol. The van der Waals surface area contributed by atoms with Crippen molar-refractivity contribution in [1.82, 2.24) is 4.90 Å². The van der Waals surface area contributed by atoms with Gasteiger partial charge in [-0.3, -0.25) is 29.8 Å². The number of esters is 1. The molecule has 0 saturated carbocycles. The van der Waals surface area contributed by atoms with Crippen molar-refractivity contribution in [2.24, 2.45) is 0 Å². The molecule has 0 heterocycles. The van der Waals surface area contributed by atoms with E-state index in [-0.39, 0.29) is 65.8 Å². The molecule has 17 nitrogen and oxygen atoms in total. The molecule has 0 unspecified atom stereocenters. The van der Waals surface area contributed by atoms with Gasteiger partial charge in [-0.15, -0.1) is 0 Å². The van der Waals surface area contributed by atoms with E-state index in [9.17, 15) is 34.6 Å². The molecule has 0 atom stereocenters. The topological polar surface area (TPSA) is 231 Å². The molecule has 0 spiro atoms. The highest BCUT2D eigenvalue weighted by Gasteiger charge is 2.25. The molecule has 0 aliphatic heterocycles. The Morgan fingerprint density at radius 1 is 0.426 bits per heavy atom. The number of methoxy groups -OCH3 is 1. The number of benzene rings is 12. The second-order valence-corrected chi connectivity index (χ2v) is 43.8. The third-order valence-corrected chi connectivity index (χ3v) is 23.3. The van der Waals surface area contributed by atoms with Crippen LogP contribution in [0, 0.1) is 45.1 Å². The Kier molecular flexibility index (Phi) is 63.4. The van der Waals surface area contributed by atoms with Crippen LogP contribution in [0.1, 0.15) is 372 Å². The molecule has 0 saturated heterocycles. The van der Waals surface area contributed by atoms with Gasteiger partial charge in [0, 0.05) is 51.5 Å². The van der Waals surface area contributed by atoms with Crippen LogP contribution in [0.25, 0.3) is 4.85 Å². The van der Waals surface area contributed by atoms with E-state index in [0.29, 0.717) is 64.3 Å². The first kappa shape index (κ1) is 135. The minimum absolute atomic E-state index is 0.0439. The number of nitro groups is 2. The normalized spacial score (nSPS) is 10.6. The van der Waals surface area contributed by atoms with Crippen LogP contribution in [0.5, 0.6) is 11.5 Å². The van der Waals surface area contributed by atoms with Gasteiger partial charge in [-0.25, -0.2) is 9.64 Å². The third kappa shape index (κ3) is 55.3. The van der Waals surface area contributed by atoms with Gasteiger partial charge in [0.15, 0.2) is 17.3 Å². The zero-order valence-electron chi connectivity index (χ0n) is 95.2. The maximum atomic E-state index is 11.5. The molecule has 12 rings (SSSR count).